The van der Waals surface area contributed by atoms with Crippen molar-refractivity contribution in [1.29, 1.82) is 0 Å². The molecule has 0 aliphatic heterocycles. The van der Waals surface area contributed by atoms with E-state index in [1.807, 2.05) is 0 Å². The first-order chi connectivity index (χ1) is 9.71. The minimum atomic E-state index is -0.618. The summed E-state index contributed by atoms with van der Waals surface area (Å²) in [6, 6.07) is 6.97. The van der Waals surface area contributed by atoms with Crippen LogP contribution in [0.5, 0.6) is 0 Å². The van der Waals surface area contributed by atoms with Crippen LogP contribution in [0.4, 0.5) is 4.79 Å². The van der Waals surface area contributed by atoms with Crippen LogP contribution in [0.3, 0.4) is 0 Å². The fourth-order valence-electron chi connectivity index (χ4n) is 1.53. The van der Waals surface area contributed by atoms with Gasteiger partial charge in [0.1, 0.15) is 12.6 Å². The lowest BCUT2D eigenvalue weighted by Gasteiger charge is -2.06. The van der Waals surface area contributed by atoms with E-state index in [0.717, 1.165) is 23.7 Å². The molecule has 0 aliphatic carbocycles. The SMILES string of the molecule is CCOC(=O)NN=Cc1ccc(C(C=O)CC=O)cc1. The number of carbonyl (C=O) groups is 3. The van der Waals surface area contributed by atoms with Crippen molar-refractivity contribution >= 4 is 24.9 Å². The molecule has 0 spiro atoms. The molecule has 1 aromatic carbocycles. The maximum Gasteiger partial charge on any atom is 0.427 e. The van der Waals surface area contributed by atoms with Crippen LogP contribution in [0.1, 0.15) is 30.4 Å². The van der Waals surface area contributed by atoms with Gasteiger partial charge in [0.15, 0.2) is 0 Å². The molecule has 1 amide bonds. The Bertz CT molecular complexity index is 482. The topological polar surface area (TPSA) is 84.8 Å². The van der Waals surface area contributed by atoms with Gasteiger partial charge < -0.3 is 14.3 Å². The first-order valence-electron chi connectivity index (χ1n) is 6.16. The predicted octanol–water partition coefficient (Wildman–Crippen LogP) is 1.64. The van der Waals surface area contributed by atoms with Gasteiger partial charge in [0.25, 0.3) is 0 Å². The number of carbonyl (C=O) groups excluding carboxylic acids is 3. The molecule has 1 unspecified atom stereocenters. The third-order valence-corrected chi connectivity index (χ3v) is 2.52. The minimum Gasteiger partial charge on any atom is -0.449 e. The highest BCUT2D eigenvalue weighted by atomic mass is 16.5. The Labute approximate surface area is 116 Å². The molecule has 0 fully saturated rings. The number of hydrogen-bond acceptors (Lipinski definition) is 5. The van der Waals surface area contributed by atoms with Crippen LogP contribution in [0, 0.1) is 0 Å². The molecule has 0 saturated carbocycles. The maximum absolute atomic E-state index is 11.0. The van der Waals surface area contributed by atoms with E-state index >= 15 is 0 Å². The number of nitrogens with zero attached hydrogens (tertiary/aromatic N) is 1. The van der Waals surface area contributed by atoms with Crippen molar-refractivity contribution in [2.24, 2.45) is 5.10 Å². The zero-order valence-electron chi connectivity index (χ0n) is 11.1. The molecule has 0 heterocycles. The summed E-state index contributed by atoms with van der Waals surface area (Å²) in [6.07, 6.45) is 2.47. The van der Waals surface area contributed by atoms with E-state index in [1.54, 1.807) is 31.2 Å². The first-order valence-corrected chi connectivity index (χ1v) is 6.16. The highest BCUT2D eigenvalue weighted by Crippen LogP contribution is 2.16. The van der Waals surface area contributed by atoms with Crippen LogP contribution in [0.15, 0.2) is 29.4 Å². The van der Waals surface area contributed by atoms with Gasteiger partial charge in [-0.1, -0.05) is 24.3 Å². The van der Waals surface area contributed by atoms with Gasteiger partial charge in [-0.05, 0) is 18.1 Å². The number of amides is 1. The average molecular weight is 276 g/mol. The number of benzene rings is 1. The van der Waals surface area contributed by atoms with Crippen LogP contribution >= 0.6 is 0 Å². The number of hydrazone groups is 1. The van der Waals surface area contributed by atoms with Crippen LogP contribution in [0.25, 0.3) is 0 Å². The largest absolute Gasteiger partial charge is 0.449 e. The van der Waals surface area contributed by atoms with E-state index < -0.39 is 12.0 Å². The lowest BCUT2D eigenvalue weighted by molar-refractivity contribution is -0.113. The van der Waals surface area contributed by atoms with Gasteiger partial charge in [0, 0.05) is 12.3 Å². The quantitative estimate of drug-likeness (QED) is 0.466. The van der Waals surface area contributed by atoms with Crippen LogP contribution in [0.2, 0.25) is 0 Å². The fraction of sp³-hybridized carbons (Fsp3) is 0.286. The van der Waals surface area contributed by atoms with Crippen molar-refractivity contribution in [3.8, 4) is 0 Å². The van der Waals surface area contributed by atoms with Crippen LogP contribution in [-0.4, -0.2) is 31.5 Å². The Morgan fingerprint density at radius 1 is 1.35 bits per heavy atom. The molecule has 6 heteroatoms. The summed E-state index contributed by atoms with van der Waals surface area (Å²) in [6.45, 7) is 1.98. The van der Waals surface area contributed by atoms with E-state index in [0.29, 0.717) is 0 Å². The van der Waals surface area contributed by atoms with Crippen molar-refractivity contribution in [2.45, 2.75) is 19.3 Å². The molecule has 0 radical (unpaired) electrons. The van der Waals surface area contributed by atoms with E-state index in [9.17, 15) is 14.4 Å². The Kier molecular flexibility index (Phi) is 6.67. The van der Waals surface area contributed by atoms with Gasteiger partial charge in [-0.3, -0.25) is 0 Å². The predicted molar refractivity (Wildman–Crippen MR) is 73.7 cm³/mol. The van der Waals surface area contributed by atoms with Crippen LogP contribution in [-0.2, 0) is 14.3 Å². The minimum absolute atomic E-state index is 0.168. The molecule has 1 atom stereocenters. The molecule has 1 N–H and O–H groups in total. The summed E-state index contributed by atoms with van der Waals surface area (Å²) >= 11 is 0. The average Bonchev–Trinajstić information content (AvgIpc) is 2.46. The second kappa shape index (κ2) is 8.58. The summed E-state index contributed by atoms with van der Waals surface area (Å²) < 4.78 is 4.64. The summed E-state index contributed by atoms with van der Waals surface area (Å²) in [7, 11) is 0. The van der Waals surface area contributed by atoms with E-state index in [1.165, 1.54) is 6.21 Å². The van der Waals surface area contributed by atoms with Gasteiger partial charge in [-0.2, -0.15) is 5.10 Å². The normalized spacial score (nSPS) is 11.8. The number of hydrogen-bond donors (Lipinski definition) is 1. The maximum atomic E-state index is 11.0. The molecule has 6 nitrogen and oxygen atoms in total. The number of aldehydes is 2. The van der Waals surface area contributed by atoms with Crippen molar-refractivity contribution in [1.82, 2.24) is 5.43 Å². The van der Waals surface area contributed by atoms with Crippen molar-refractivity contribution in [2.75, 3.05) is 6.61 Å². The Morgan fingerprint density at radius 2 is 2.05 bits per heavy atom. The van der Waals surface area contributed by atoms with Crippen molar-refractivity contribution in [3.63, 3.8) is 0 Å². The standard InChI is InChI=1S/C14H16N2O4/c1-2-20-14(19)16-15-9-11-3-5-12(6-4-11)13(10-18)7-8-17/h3-6,8-10,13H,2,7H2,1H3,(H,16,19). The van der Waals surface area contributed by atoms with Gasteiger partial charge in [-0.15, -0.1) is 0 Å². The Morgan fingerprint density at radius 3 is 2.60 bits per heavy atom. The molecule has 0 aliphatic rings. The van der Waals surface area contributed by atoms with E-state index in [4.69, 9.17) is 0 Å². The number of ether oxygens (including phenoxy) is 1. The number of nitrogens with one attached hydrogen (secondary N) is 1. The van der Waals surface area contributed by atoms with E-state index in [-0.39, 0.29) is 13.0 Å². The summed E-state index contributed by atoms with van der Waals surface area (Å²) in [5.41, 5.74) is 3.72. The van der Waals surface area contributed by atoms with Gasteiger partial charge in [-0.25, -0.2) is 10.2 Å². The highest BCUT2D eigenvalue weighted by molar-refractivity contribution is 5.81. The zero-order valence-corrected chi connectivity index (χ0v) is 11.1. The summed E-state index contributed by atoms with van der Waals surface area (Å²) in [4.78, 5) is 32.3. The van der Waals surface area contributed by atoms with Gasteiger partial charge >= 0.3 is 6.09 Å². The summed E-state index contributed by atoms with van der Waals surface area (Å²) in [5, 5.41) is 3.72. The second-order valence-corrected chi connectivity index (χ2v) is 3.90. The molecule has 106 valence electrons. The molecular weight excluding hydrogens is 260 g/mol. The Balaban J connectivity index is 2.62. The van der Waals surface area contributed by atoms with E-state index in [2.05, 4.69) is 15.3 Å². The molecule has 1 rings (SSSR count). The van der Waals surface area contributed by atoms with Gasteiger partial charge in [0.05, 0.1) is 12.8 Å². The lowest BCUT2D eigenvalue weighted by Crippen LogP contribution is -2.18. The van der Waals surface area contributed by atoms with Gasteiger partial charge in [0.2, 0.25) is 0 Å². The fourth-order valence-corrected chi connectivity index (χ4v) is 1.53. The molecule has 0 saturated heterocycles. The molecular formula is C14H16N2O4. The highest BCUT2D eigenvalue weighted by Gasteiger charge is 2.08. The molecule has 1 aromatic rings. The molecule has 20 heavy (non-hydrogen) atoms. The summed E-state index contributed by atoms with van der Waals surface area (Å²) in [5.74, 6) is -0.420. The number of rotatable bonds is 7. The third-order valence-electron chi connectivity index (χ3n) is 2.52. The second-order valence-electron chi connectivity index (χ2n) is 3.90. The first kappa shape index (κ1) is 15.6. The molecule has 0 aromatic heterocycles. The van der Waals surface area contributed by atoms with Crippen LogP contribution < -0.4 is 5.43 Å². The smallest absolute Gasteiger partial charge is 0.427 e. The monoisotopic (exact) mass is 276 g/mol. The zero-order chi connectivity index (χ0) is 14.8. The van der Waals surface area contributed by atoms with Crippen molar-refractivity contribution in [3.05, 3.63) is 35.4 Å². The lowest BCUT2D eigenvalue weighted by atomic mass is 9.97. The molecule has 0 bridgehead atoms. The van der Waals surface area contributed by atoms with Crippen molar-refractivity contribution < 1.29 is 19.1 Å². The third kappa shape index (κ3) is 5.01. The Hall–Kier alpha value is -2.50.